The maximum absolute atomic E-state index is 12.8. The number of aromatic nitrogens is 3. The smallest absolute Gasteiger partial charge is 0.272 e. The van der Waals surface area contributed by atoms with Crippen LogP contribution in [0.1, 0.15) is 61.2 Å². The van der Waals surface area contributed by atoms with E-state index in [2.05, 4.69) is 10.4 Å². The lowest BCUT2D eigenvalue weighted by Crippen LogP contribution is -2.34. The monoisotopic (exact) mass is 422 g/mol. The summed E-state index contributed by atoms with van der Waals surface area (Å²) >= 11 is 0. The molecule has 31 heavy (non-hydrogen) atoms. The molecule has 1 amide bonds. The van der Waals surface area contributed by atoms with E-state index in [1.54, 1.807) is 0 Å². The van der Waals surface area contributed by atoms with Gasteiger partial charge in [-0.25, -0.2) is 9.50 Å². The predicted molar refractivity (Wildman–Crippen MR) is 119 cm³/mol. The van der Waals surface area contributed by atoms with Gasteiger partial charge in [0.2, 0.25) is 5.91 Å². The van der Waals surface area contributed by atoms with Gasteiger partial charge in [-0.1, -0.05) is 43.7 Å². The molecule has 1 atom stereocenters. The standard InChI is InChI=1S/C24H30N4O3/c1-15(2)24(26-22(29)12-17-6-4-5-16(3)11-17)20-14-23(30)28-21(25-20)13-19(27-28)18-7-9-31-10-8-18/h4-6,11,13-15,18,24,27H,7-10,12H2,1-3H3,(H,26,29)/t24-/m1/s1. The summed E-state index contributed by atoms with van der Waals surface area (Å²) in [6, 6.07) is 11.1. The first kappa shape index (κ1) is 21.3. The number of ether oxygens (including phenoxy) is 1. The highest BCUT2D eigenvalue weighted by molar-refractivity contribution is 5.79. The Morgan fingerprint density at radius 2 is 2.03 bits per heavy atom. The van der Waals surface area contributed by atoms with E-state index in [9.17, 15) is 9.59 Å². The van der Waals surface area contributed by atoms with Gasteiger partial charge in [0.05, 0.1) is 18.2 Å². The molecule has 0 spiro atoms. The molecule has 1 fully saturated rings. The van der Waals surface area contributed by atoms with Crippen molar-refractivity contribution in [3.8, 4) is 0 Å². The third-order valence-corrected chi connectivity index (χ3v) is 5.90. The number of aromatic amines is 1. The normalized spacial score (nSPS) is 16.0. The minimum absolute atomic E-state index is 0.0803. The van der Waals surface area contributed by atoms with Crippen LogP contribution in [0.2, 0.25) is 0 Å². The number of H-pyrrole nitrogens is 1. The lowest BCUT2D eigenvalue weighted by Gasteiger charge is -2.22. The van der Waals surface area contributed by atoms with E-state index in [-0.39, 0.29) is 23.4 Å². The molecule has 0 saturated carbocycles. The number of hydrogen-bond donors (Lipinski definition) is 2. The Morgan fingerprint density at radius 1 is 1.26 bits per heavy atom. The van der Waals surface area contributed by atoms with Crippen molar-refractivity contribution >= 4 is 11.6 Å². The van der Waals surface area contributed by atoms with Gasteiger partial charge in [0.15, 0.2) is 5.65 Å². The minimum Gasteiger partial charge on any atom is -0.381 e. The Bertz CT molecular complexity index is 1130. The van der Waals surface area contributed by atoms with Gasteiger partial charge in [0, 0.05) is 37.0 Å². The lowest BCUT2D eigenvalue weighted by molar-refractivity contribution is -0.121. The fourth-order valence-corrected chi connectivity index (χ4v) is 4.22. The van der Waals surface area contributed by atoms with Crippen molar-refractivity contribution in [2.75, 3.05) is 13.2 Å². The summed E-state index contributed by atoms with van der Waals surface area (Å²) < 4.78 is 6.93. The highest BCUT2D eigenvalue weighted by Crippen LogP contribution is 2.26. The molecule has 164 valence electrons. The zero-order valence-corrected chi connectivity index (χ0v) is 18.4. The zero-order chi connectivity index (χ0) is 22.0. The van der Waals surface area contributed by atoms with Crippen LogP contribution in [-0.4, -0.2) is 33.7 Å². The molecule has 0 aliphatic carbocycles. The Kier molecular flexibility index (Phi) is 6.23. The summed E-state index contributed by atoms with van der Waals surface area (Å²) in [5.41, 5.74) is 4.11. The number of fused-ring (bicyclic) bond motifs is 1. The molecule has 2 N–H and O–H groups in total. The molecule has 2 aromatic heterocycles. The summed E-state index contributed by atoms with van der Waals surface area (Å²) in [6.45, 7) is 7.51. The topological polar surface area (TPSA) is 88.5 Å². The van der Waals surface area contributed by atoms with Crippen molar-refractivity contribution in [1.82, 2.24) is 19.9 Å². The molecular formula is C24H30N4O3. The molecule has 4 rings (SSSR count). The molecule has 0 radical (unpaired) electrons. The van der Waals surface area contributed by atoms with Crippen LogP contribution in [0.25, 0.3) is 5.65 Å². The number of benzene rings is 1. The number of nitrogens with zero attached hydrogens (tertiary/aromatic N) is 2. The number of nitrogens with one attached hydrogen (secondary N) is 2. The summed E-state index contributed by atoms with van der Waals surface area (Å²) in [4.78, 5) is 30.3. The Morgan fingerprint density at radius 3 is 2.74 bits per heavy atom. The summed E-state index contributed by atoms with van der Waals surface area (Å²) in [6.07, 6.45) is 2.15. The lowest BCUT2D eigenvalue weighted by atomic mass is 9.97. The van der Waals surface area contributed by atoms with E-state index in [1.807, 2.05) is 51.1 Å². The second kappa shape index (κ2) is 9.06. The fraction of sp³-hybridized carbons (Fsp3) is 0.458. The van der Waals surface area contributed by atoms with Gasteiger partial charge < -0.3 is 10.1 Å². The SMILES string of the molecule is Cc1cccc(CC(=O)N[C@@H](c2cc(=O)n3[nH]c(C4CCOCC4)cc3n2)C(C)C)c1. The Hall–Kier alpha value is -2.93. The number of rotatable bonds is 6. The highest BCUT2D eigenvalue weighted by Gasteiger charge is 2.23. The third-order valence-electron chi connectivity index (χ3n) is 5.90. The van der Waals surface area contributed by atoms with E-state index < -0.39 is 0 Å². The van der Waals surface area contributed by atoms with Crippen LogP contribution in [0, 0.1) is 12.8 Å². The van der Waals surface area contributed by atoms with Crippen LogP contribution in [0.4, 0.5) is 0 Å². The van der Waals surface area contributed by atoms with Crippen molar-refractivity contribution in [3.63, 3.8) is 0 Å². The molecule has 1 aromatic carbocycles. The molecule has 1 aliphatic heterocycles. The van der Waals surface area contributed by atoms with Crippen LogP contribution in [0.15, 0.2) is 41.2 Å². The average molecular weight is 423 g/mol. The summed E-state index contributed by atoms with van der Waals surface area (Å²) in [5, 5.41) is 6.29. The minimum atomic E-state index is -0.337. The number of aryl methyl sites for hydroxylation is 1. The van der Waals surface area contributed by atoms with E-state index in [4.69, 9.17) is 9.72 Å². The van der Waals surface area contributed by atoms with Gasteiger partial charge >= 0.3 is 0 Å². The summed E-state index contributed by atoms with van der Waals surface area (Å²) in [7, 11) is 0. The van der Waals surface area contributed by atoms with Crippen molar-refractivity contribution < 1.29 is 9.53 Å². The largest absolute Gasteiger partial charge is 0.381 e. The van der Waals surface area contributed by atoms with Crippen molar-refractivity contribution in [2.24, 2.45) is 5.92 Å². The Labute approximate surface area is 181 Å². The molecule has 7 heteroatoms. The fourth-order valence-electron chi connectivity index (χ4n) is 4.22. The molecule has 3 heterocycles. The Balaban J connectivity index is 1.57. The van der Waals surface area contributed by atoms with Crippen LogP contribution in [-0.2, 0) is 16.0 Å². The molecule has 1 aliphatic rings. The van der Waals surface area contributed by atoms with E-state index in [0.717, 1.165) is 42.9 Å². The van der Waals surface area contributed by atoms with Gasteiger partial charge in [-0.15, -0.1) is 0 Å². The maximum atomic E-state index is 12.8. The van der Waals surface area contributed by atoms with Crippen LogP contribution < -0.4 is 10.9 Å². The average Bonchev–Trinajstić information content (AvgIpc) is 3.17. The van der Waals surface area contributed by atoms with Crippen molar-refractivity contribution in [2.45, 2.75) is 52.0 Å². The van der Waals surface area contributed by atoms with E-state index in [0.29, 0.717) is 23.7 Å². The zero-order valence-electron chi connectivity index (χ0n) is 18.4. The second-order valence-corrected chi connectivity index (χ2v) is 8.77. The van der Waals surface area contributed by atoms with Gasteiger partial charge in [0.25, 0.3) is 5.56 Å². The molecule has 0 bridgehead atoms. The summed E-state index contributed by atoms with van der Waals surface area (Å²) in [5.74, 6) is 0.348. The first-order valence-electron chi connectivity index (χ1n) is 11.0. The molecule has 3 aromatic rings. The van der Waals surface area contributed by atoms with Gasteiger partial charge in [-0.3, -0.25) is 14.7 Å². The molecule has 1 saturated heterocycles. The van der Waals surface area contributed by atoms with E-state index >= 15 is 0 Å². The van der Waals surface area contributed by atoms with E-state index in [1.165, 1.54) is 10.6 Å². The molecule has 0 unspecified atom stereocenters. The number of amides is 1. The number of hydrogen-bond acceptors (Lipinski definition) is 4. The number of carbonyl (C=O) groups is 1. The maximum Gasteiger partial charge on any atom is 0.272 e. The van der Waals surface area contributed by atoms with Crippen molar-refractivity contribution in [1.29, 1.82) is 0 Å². The predicted octanol–water partition coefficient (Wildman–Crippen LogP) is 3.28. The first-order valence-corrected chi connectivity index (χ1v) is 11.0. The molecule has 7 nitrogen and oxygen atoms in total. The van der Waals surface area contributed by atoms with Crippen LogP contribution >= 0.6 is 0 Å². The number of carbonyl (C=O) groups excluding carboxylic acids is 1. The van der Waals surface area contributed by atoms with Gasteiger partial charge in [-0.2, -0.15) is 0 Å². The van der Waals surface area contributed by atoms with Crippen LogP contribution in [0.3, 0.4) is 0 Å². The highest BCUT2D eigenvalue weighted by atomic mass is 16.5. The van der Waals surface area contributed by atoms with Gasteiger partial charge in [0.1, 0.15) is 0 Å². The third kappa shape index (κ3) is 4.88. The van der Waals surface area contributed by atoms with Crippen LogP contribution in [0.5, 0.6) is 0 Å². The first-order chi connectivity index (χ1) is 14.9. The molecular weight excluding hydrogens is 392 g/mol. The van der Waals surface area contributed by atoms with Crippen molar-refractivity contribution in [3.05, 3.63) is 69.3 Å². The quantitative estimate of drug-likeness (QED) is 0.638. The second-order valence-electron chi connectivity index (χ2n) is 8.77. The van der Waals surface area contributed by atoms with Gasteiger partial charge in [-0.05, 0) is 31.2 Å².